The van der Waals surface area contributed by atoms with Gasteiger partial charge in [0, 0.05) is 0 Å². The van der Waals surface area contributed by atoms with E-state index in [0.717, 1.165) is 0 Å². The van der Waals surface area contributed by atoms with Gasteiger partial charge in [0.1, 0.15) is 6.20 Å². The lowest BCUT2D eigenvalue weighted by Crippen LogP contribution is -2.13. The summed E-state index contributed by atoms with van der Waals surface area (Å²) in [6.07, 6.45) is 1.88. The van der Waals surface area contributed by atoms with Crippen molar-refractivity contribution in [1.82, 2.24) is 9.97 Å². The maximum absolute atomic E-state index is 12.1. The Morgan fingerprint density at radius 3 is 2.89 bits per heavy atom. The van der Waals surface area contributed by atoms with Crippen molar-refractivity contribution < 1.29 is 4.39 Å². The van der Waals surface area contributed by atoms with Crippen LogP contribution < -0.4 is 11.4 Å². The smallest absolute Gasteiger partial charge is 0.347 e. The maximum atomic E-state index is 12.1. The Balaban J connectivity index is 3.34. The van der Waals surface area contributed by atoms with E-state index in [2.05, 4.69) is 4.98 Å². The molecule has 0 aliphatic rings. The molecular formula is C4H3FN3O. The highest BCUT2D eigenvalue weighted by Gasteiger charge is 1.97. The van der Waals surface area contributed by atoms with Crippen LogP contribution in [0.2, 0.25) is 0 Å². The minimum absolute atomic E-state index is 0.432. The third-order valence-electron chi connectivity index (χ3n) is 0.726. The first kappa shape index (κ1) is 5.74. The molecule has 1 radical (unpaired) electrons. The van der Waals surface area contributed by atoms with Crippen LogP contribution in [0, 0.1) is 12.0 Å². The van der Waals surface area contributed by atoms with Gasteiger partial charge < -0.3 is 10.7 Å². The summed E-state index contributed by atoms with van der Waals surface area (Å²) in [4.78, 5) is 15.1. The minimum Gasteiger partial charge on any atom is -0.381 e. The molecule has 3 N–H and O–H groups in total. The van der Waals surface area contributed by atoms with E-state index in [1.54, 1.807) is 0 Å². The quantitative estimate of drug-likeness (QED) is 0.484. The fourth-order valence-electron chi connectivity index (χ4n) is 0.359. The molecular weight excluding hydrogens is 125 g/mol. The van der Waals surface area contributed by atoms with Crippen molar-refractivity contribution in [1.29, 1.82) is 0 Å². The SMILES string of the molecule is Nc1nc(=O)[nH][c]c1F. The summed E-state index contributed by atoms with van der Waals surface area (Å²) in [5.41, 5.74) is 4.18. The van der Waals surface area contributed by atoms with Crippen LogP contribution in [0.1, 0.15) is 0 Å². The topological polar surface area (TPSA) is 71.8 Å². The predicted molar refractivity (Wildman–Crippen MR) is 28.1 cm³/mol. The molecule has 9 heavy (non-hydrogen) atoms. The van der Waals surface area contributed by atoms with Gasteiger partial charge in [-0.25, -0.2) is 9.18 Å². The van der Waals surface area contributed by atoms with Gasteiger partial charge in [0.15, 0.2) is 11.6 Å². The number of nitrogens with two attached hydrogens (primary N) is 1. The number of halogens is 1. The number of hydrogen-bond donors (Lipinski definition) is 2. The molecule has 0 aliphatic carbocycles. The average molecular weight is 128 g/mol. The highest BCUT2D eigenvalue weighted by Crippen LogP contribution is 1.96. The Kier molecular flexibility index (Phi) is 1.18. The second kappa shape index (κ2) is 1.85. The highest BCUT2D eigenvalue weighted by molar-refractivity contribution is 5.25. The van der Waals surface area contributed by atoms with Crippen LogP contribution >= 0.6 is 0 Å². The number of nitrogens with zero attached hydrogens (tertiary/aromatic N) is 1. The van der Waals surface area contributed by atoms with Gasteiger partial charge in [0.2, 0.25) is 0 Å². The summed E-state index contributed by atoms with van der Waals surface area (Å²) in [5.74, 6) is -1.27. The molecule has 0 saturated heterocycles. The molecule has 0 atom stereocenters. The third-order valence-corrected chi connectivity index (χ3v) is 0.726. The Morgan fingerprint density at radius 1 is 1.78 bits per heavy atom. The fourth-order valence-corrected chi connectivity index (χ4v) is 0.359. The van der Waals surface area contributed by atoms with E-state index in [9.17, 15) is 9.18 Å². The van der Waals surface area contributed by atoms with Crippen LogP contribution in [0.4, 0.5) is 10.2 Å². The summed E-state index contributed by atoms with van der Waals surface area (Å²) >= 11 is 0. The Morgan fingerprint density at radius 2 is 2.44 bits per heavy atom. The number of aromatic nitrogens is 2. The van der Waals surface area contributed by atoms with Crippen LogP contribution in [0.25, 0.3) is 0 Å². The summed E-state index contributed by atoms with van der Waals surface area (Å²) < 4.78 is 12.1. The molecule has 1 rings (SSSR count). The molecule has 1 heterocycles. The number of H-pyrrole nitrogens is 1. The molecule has 0 aromatic carbocycles. The largest absolute Gasteiger partial charge is 0.381 e. The van der Waals surface area contributed by atoms with Gasteiger partial charge in [0.25, 0.3) is 0 Å². The van der Waals surface area contributed by atoms with Crippen molar-refractivity contribution in [3.8, 4) is 0 Å². The molecule has 4 nitrogen and oxygen atoms in total. The van der Waals surface area contributed by atoms with Gasteiger partial charge in [-0.1, -0.05) is 0 Å². The number of nitrogen functional groups attached to an aromatic ring is 1. The minimum atomic E-state index is -0.838. The van der Waals surface area contributed by atoms with Crippen LogP contribution in [0.5, 0.6) is 0 Å². The monoisotopic (exact) mass is 128 g/mol. The second-order valence-electron chi connectivity index (χ2n) is 1.37. The van der Waals surface area contributed by atoms with E-state index in [-0.39, 0.29) is 0 Å². The van der Waals surface area contributed by atoms with Gasteiger partial charge in [-0.2, -0.15) is 4.98 Å². The average Bonchev–Trinajstić information content (AvgIpc) is 1.80. The lowest BCUT2D eigenvalue weighted by atomic mass is 10.6. The lowest BCUT2D eigenvalue weighted by Gasteiger charge is -1.87. The van der Waals surface area contributed by atoms with Gasteiger partial charge in [-0.3, -0.25) is 0 Å². The van der Waals surface area contributed by atoms with E-state index < -0.39 is 17.3 Å². The summed E-state index contributed by atoms with van der Waals surface area (Å²) in [7, 11) is 0. The zero-order valence-corrected chi connectivity index (χ0v) is 4.31. The summed E-state index contributed by atoms with van der Waals surface area (Å²) in [5, 5.41) is 0. The van der Waals surface area contributed by atoms with Crippen molar-refractivity contribution in [2.45, 2.75) is 0 Å². The molecule has 0 unspecified atom stereocenters. The molecule has 1 aromatic rings. The van der Waals surface area contributed by atoms with Crippen LogP contribution in [0.15, 0.2) is 4.79 Å². The number of anilines is 1. The van der Waals surface area contributed by atoms with Crippen molar-refractivity contribution in [3.63, 3.8) is 0 Å². The molecule has 0 aliphatic heterocycles. The van der Waals surface area contributed by atoms with E-state index in [4.69, 9.17) is 5.73 Å². The molecule has 1 aromatic heterocycles. The van der Waals surface area contributed by atoms with E-state index >= 15 is 0 Å². The van der Waals surface area contributed by atoms with Crippen LogP contribution in [-0.4, -0.2) is 9.97 Å². The number of aromatic amines is 1. The zero-order chi connectivity index (χ0) is 6.85. The lowest BCUT2D eigenvalue weighted by molar-refractivity contribution is 0.614. The molecule has 0 spiro atoms. The van der Waals surface area contributed by atoms with E-state index in [1.807, 2.05) is 11.2 Å². The van der Waals surface area contributed by atoms with Crippen molar-refractivity contribution in [3.05, 3.63) is 22.5 Å². The number of nitrogens with one attached hydrogen (secondary N) is 1. The summed E-state index contributed by atoms with van der Waals surface area (Å²) in [6, 6.07) is 0. The van der Waals surface area contributed by atoms with Crippen molar-refractivity contribution in [2.75, 3.05) is 5.73 Å². The zero-order valence-electron chi connectivity index (χ0n) is 4.31. The number of hydrogen-bond acceptors (Lipinski definition) is 3. The highest BCUT2D eigenvalue weighted by atomic mass is 19.1. The van der Waals surface area contributed by atoms with Gasteiger partial charge in [-0.05, 0) is 0 Å². The fraction of sp³-hybridized carbons (Fsp3) is 0. The third kappa shape index (κ3) is 1.04. The Hall–Kier alpha value is -1.39. The molecule has 0 saturated carbocycles. The Bertz CT molecular complexity index is 269. The standard InChI is InChI=1S/C4H3FN3O/c5-2-1-7-4(9)8-3(2)6/h(H3,6,7,8,9). The van der Waals surface area contributed by atoms with Gasteiger partial charge >= 0.3 is 5.69 Å². The normalized spacial score (nSPS) is 9.44. The van der Waals surface area contributed by atoms with Gasteiger partial charge in [0.05, 0.1) is 0 Å². The molecule has 5 heteroatoms. The first-order valence-electron chi connectivity index (χ1n) is 2.13. The summed E-state index contributed by atoms with van der Waals surface area (Å²) in [6.45, 7) is 0. The first-order chi connectivity index (χ1) is 4.20. The second-order valence-corrected chi connectivity index (χ2v) is 1.37. The predicted octanol–water partition coefficient (Wildman–Crippen LogP) is -0.709. The molecule has 0 bridgehead atoms. The maximum Gasteiger partial charge on any atom is 0.347 e. The van der Waals surface area contributed by atoms with Crippen LogP contribution in [0.3, 0.4) is 0 Å². The van der Waals surface area contributed by atoms with Gasteiger partial charge in [-0.15, -0.1) is 0 Å². The number of rotatable bonds is 0. The van der Waals surface area contributed by atoms with Crippen LogP contribution in [-0.2, 0) is 0 Å². The Labute approximate surface area is 49.5 Å². The van der Waals surface area contributed by atoms with Crippen molar-refractivity contribution >= 4 is 5.82 Å². The van der Waals surface area contributed by atoms with E-state index in [0.29, 0.717) is 0 Å². The van der Waals surface area contributed by atoms with E-state index in [1.165, 1.54) is 0 Å². The van der Waals surface area contributed by atoms with Crippen molar-refractivity contribution in [2.24, 2.45) is 0 Å². The molecule has 47 valence electrons. The molecule has 0 amide bonds. The first-order valence-corrected chi connectivity index (χ1v) is 2.13. The molecule has 0 fully saturated rings.